The molecule has 0 bridgehead atoms. The van der Waals surface area contributed by atoms with E-state index in [1.165, 1.54) is 18.2 Å². The molecule has 4 amide bonds. The molecule has 0 aliphatic carbocycles. The first kappa shape index (κ1) is 20.7. The Morgan fingerprint density at radius 1 is 1.07 bits per heavy atom. The summed E-state index contributed by atoms with van der Waals surface area (Å²) in [6.45, 7) is 3.57. The highest BCUT2D eigenvalue weighted by Gasteiger charge is 2.37. The Morgan fingerprint density at radius 2 is 1.77 bits per heavy atom. The fraction of sp³-hybridized carbons (Fsp3) is 0.190. The van der Waals surface area contributed by atoms with Gasteiger partial charge in [-0.25, -0.2) is 9.69 Å². The number of imide groups is 2. The number of aryl methyl sites for hydroxylation is 2. The molecule has 0 aromatic heterocycles. The number of nitro groups is 1. The Hall–Kier alpha value is -4.01. The Kier molecular flexibility index (Phi) is 5.37. The van der Waals surface area contributed by atoms with Gasteiger partial charge >= 0.3 is 6.03 Å². The minimum Gasteiger partial charge on any atom is -0.372 e. The maximum absolute atomic E-state index is 13.0. The minimum atomic E-state index is -0.856. The second kappa shape index (κ2) is 7.78. The molecule has 2 aromatic carbocycles. The van der Waals surface area contributed by atoms with E-state index >= 15 is 0 Å². The SMILES string of the molecule is Cc1ccc(C)c(N2C(=O)NC(=O)/C(=C/c3ccc(N(C)C)c([N+](=O)[O-])c3)C2=O)c1. The molecule has 1 heterocycles. The maximum Gasteiger partial charge on any atom is 0.335 e. The number of rotatable bonds is 4. The van der Waals surface area contributed by atoms with Gasteiger partial charge in [0.1, 0.15) is 11.3 Å². The van der Waals surface area contributed by atoms with Crippen molar-refractivity contribution in [3.05, 3.63) is 68.8 Å². The van der Waals surface area contributed by atoms with Gasteiger partial charge < -0.3 is 4.90 Å². The fourth-order valence-electron chi connectivity index (χ4n) is 3.16. The zero-order valence-electron chi connectivity index (χ0n) is 16.9. The normalized spacial score (nSPS) is 15.4. The average molecular weight is 408 g/mol. The predicted octanol–water partition coefficient (Wildman–Crippen LogP) is 2.94. The predicted molar refractivity (Wildman–Crippen MR) is 112 cm³/mol. The van der Waals surface area contributed by atoms with Crippen LogP contribution in [0.3, 0.4) is 0 Å². The number of nitrogens with zero attached hydrogens (tertiary/aromatic N) is 3. The molecule has 0 unspecified atom stereocenters. The summed E-state index contributed by atoms with van der Waals surface area (Å²) in [5, 5.41) is 13.6. The number of barbiturate groups is 1. The minimum absolute atomic E-state index is 0.166. The lowest BCUT2D eigenvalue weighted by Gasteiger charge is -2.27. The molecule has 1 saturated heterocycles. The summed E-state index contributed by atoms with van der Waals surface area (Å²) < 4.78 is 0. The number of carbonyl (C=O) groups is 3. The van der Waals surface area contributed by atoms with E-state index < -0.39 is 22.8 Å². The second-order valence-electron chi connectivity index (χ2n) is 7.15. The lowest BCUT2D eigenvalue weighted by Crippen LogP contribution is -2.54. The van der Waals surface area contributed by atoms with Crippen molar-refractivity contribution in [3.63, 3.8) is 0 Å². The van der Waals surface area contributed by atoms with Gasteiger partial charge in [0.2, 0.25) is 0 Å². The van der Waals surface area contributed by atoms with E-state index in [1.807, 2.05) is 13.0 Å². The molecule has 1 fully saturated rings. The van der Waals surface area contributed by atoms with Crippen LogP contribution in [0.25, 0.3) is 6.08 Å². The molecular formula is C21H20N4O5. The second-order valence-corrected chi connectivity index (χ2v) is 7.15. The van der Waals surface area contributed by atoms with Crippen LogP contribution in [0, 0.1) is 24.0 Å². The van der Waals surface area contributed by atoms with E-state index in [0.29, 0.717) is 22.5 Å². The summed E-state index contributed by atoms with van der Waals surface area (Å²) in [4.78, 5) is 51.2. The van der Waals surface area contributed by atoms with Gasteiger partial charge in [0.15, 0.2) is 0 Å². The van der Waals surface area contributed by atoms with E-state index in [-0.39, 0.29) is 11.3 Å². The first-order chi connectivity index (χ1) is 14.1. The number of benzene rings is 2. The molecule has 30 heavy (non-hydrogen) atoms. The number of anilines is 2. The molecule has 154 valence electrons. The van der Waals surface area contributed by atoms with E-state index in [2.05, 4.69) is 5.32 Å². The Bertz CT molecular complexity index is 1120. The highest BCUT2D eigenvalue weighted by molar-refractivity contribution is 6.39. The van der Waals surface area contributed by atoms with Crippen molar-refractivity contribution in [1.82, 2.24) is 5.32 Å². The van der Waals surface area contributed by atoms with Crippen LogP contribution in [0.1, 0.15) is 16.7 Å². The van der Waals surface area contributed by atoms with Gasteiger partial charge in [-0.3, -0.25) is 25.0 Å². The molecule has 3 rings (SSSR count). The van der Waals surface area contributed by atoms with Crippen LogP contribution in [-0.4, -0.2) is 36.9 Å². The molecule has 2 aromatic rings. The highest BCUT2D eigenvalue weighted by Crippen LogP contribution is 2.30. The number of nitro benzene ring substituents is 1. The zero-order valence-corrected chi connectivity index (χ0v) is 16.9. The smallest absolute Gasteiger partial charge is 0.335 e. The number of carbonyl (C=O) groups excluding carboxylic acids is 3. The van der Waals surface area contributed by atoms with Gasteiger partial charge in [0, 0.05) is 20.2 Å². The molecular weight excluding hydrogens is 388 g/mol. The van der Waals surface area contributed by atoms with Crippen molar-refractivity contribution >= 4 is 41.0 Å². The topological polar surface area (TPSA) is 113 Å². The van der Waals surface area contributed by atoms with Gasteiger partial charge in [-0.05, 0) is 48.7 Å². The van der Waals surface area contributed by atoms with Crippen LogP contribution in [0.4, 0.5) is 21.9 Å². The van der Waals surface area contributed by atoms with Crippen LogP contribution in [0.15, 0.2) is 42.0 Å². The summed E-state index contributed by atoms with van der Waals surface area (Å²) in [6.07, 6.45) is 1.24. The van der Waals surface area contributed by atoms with Crippen LogP contribution in [0.5, 0.6) is 0 Å². The van der Waals surface area contributed by atoms with Gasteiger partial charge in [-0.15, -0.1) is 0 Å². The first-order valence-corrected chi connectivity index (χ1v) is 9.04. The monoisotopic (exact) mass is 408 g/mol. The third-order valence-electron chi connectivity index (χ3n) is 4.70. The highest BCUT2D eigenvalue weighted by atomic mass is 16.6. The number of urea groups is 1. The lowest BCUT2D eigenvalue weighted by molar-refractivity contribution is -0.384. The number of amides is 4. The molecule has 1 aliphatic rings. The average Bonchev–Trinajstić information content (AvgIpc) is 2.67. The van der Waals surface area contributed by atoms with E-state index in [0.717, 1.165) is 10.5 Å². The van der Waals surface area contributed by atoms with E-state index in [1.54, 1.807) is 44.1 Å². The summed E-state index contributed by atoms with van der Waals surface area (Å²) >= 11 is 0. The molecule has 1 aliphatic heterocycles. The molecule has 0 spiro atoms. The number of hydrogen-bond donors (Lipinski definition) is 1. The quantitative estimate of drug-likeness (QED) is 0.360. The van der Waals surface area contributed by atoms with E-state index in [4.69, 9.17) is 0 Å². The standard InChI is InChI=1S/C21H20N4O5/c1-12-5-6-13(2)17(9-12)24-20(27)15(19(26)22-21(24)28)10-14-7-8-16(23(3)4)18(11-14)25(29)30/h5-11H,1-4H3,(H,22,26,28)/b15-10-. The third-order valence-corrected chi connectivity index (χ3v) is 4.70. The first-order valence-electron chi connectivity index (χ1n) is 9.04. The van der Waals surface area contributed by atoms with Gasteiger partial charge in [-0.1, -0.05) is 18.2 Å². The Labute approximate surface area is 172 Å². The summed E-state index contributed by atoms with van der Waals surface area (Å²) in [5.41, 5.74) is 2.11. The molecule has 0 radical (unpaired) electrons. The van der Waals surface area contributed by atoms with Gasteiger partial charge in [-0.2, -0.15) is 0 Å². The van der Waals surface area contributed by atoms with Gasteiger partial charge in [0.05, 0.1) is 10.6 Å². The van der Waals surface area contributed by atoms with Crippen molar-refractivity contribution in [1.29, 1.82) is 0 Å². The molecule has 0 saturated carbocycles. The molecule has 0 atom stereocenters. The van der Waals surface area contributed by atoms with Crippen molar-refractivity contribution in [2.24, 2.45) is 0 Å². The summed E-state index contributed by atoms with van der Waals surface area (Å²) in [5.74, 6) is -1.65. The van der Waals surface area contributed by atoms with Gasteiger partial charge in [0.25, 0.3) is 17.5 Å². The summed E-state index contributed by atoms with van der Waals surface area (Å²) in [7, 11) is 3.35. The van der Waals surface area contributed by atoms with Crippen LogP contribution >= 0.6 is 0 Å². The largest absolute Gasteiger partial charge is 0.372 e. The Balaban J connectivity index is 2.08. The van der Waals surface area contributed by atoms with Crippen LogP contribution < -0.4 is 15.1 Å². The number of nitrogens with one attached hydrogen (secondary N) is 1. The molecule has 9 heteroatoms. The van der Waals surface area contributed by atoms with Crippen molar-refractivity contribution in [2.45, 2.75) is 13.8 Å². The van der Waals surface area contributed by atoms with E-state index in [9.17, 15) is 24.5 Å². The summed E-state index contributed by atoms with van der Waals surface area (Å²) in [6, 6.07) is 8.83. The van der Waals surface area contributed by atoms with Crippen molar-refractivity contribution in [3.8, 4) is 0 Å². The lowest BCUT2D eigenvalue weighted by atomic mass is 10.0. The number of hydrogen-bond acceptors (Lipinski definition) is 6. The third kappa shape index (κ3) is 3.77. The molecule has 9 nitrogen and oxygen atoms in total. The maximum atomic E-state index is 13.0. The Morgan fingerprint density at radius 3 is 2.40 bits per heavy atom. The van der Waals surface area contributed by atoms with Crippen LogP contribution in [0.2, 0.25) is 0 Å². The zero-order chi connectivity index (χ0) is 22.2. The van der Waals surface area contributed by atoms with Crippen LogP contribution in [-0.2, 0) is 9.59 Å². The van der Waals surface area contributed by atoms with Crippen molar-refractivity contribution in [2.75, 3.05) is 23.9 Å². The van der Waals surface area contributed by atoms with Crippen molar-refractivity contribution < 1.29 is 19.3 Å². The fourth-order valence-corrected chi connectivity index (χ4v) is 3.16. The molecule has 1 N–H and O–H groups in total.